The van der Waals surface area contributed by atoms with Gasteiger partial charge in [0.05, 0.1) is 12.2 Å². The molecule has 1 aliphatic carbocycles. The highest BCUT2D eigenvalue weighted by Crippen LogP contribution is 2.47. The van der Waals surface area contributed by atoms with Gasteiger partial charge in [0.25, 0.3) is 5.91 Å². The molecule has 1 amide bonds. The Morgan fingerprint density at radius 1 is 1.23 bits per heavy atom. The van der Waals surface area contributed by atoms with Gasteiger partial charge in [0.1, 0.15) is 5.72 Å². The summed E-state index contributed by atoms with van der Waals surface area (Å²) in [6.45, 7) is 6.74. The van der Waals surface area contributed by atoms with Crippen molar-refractivity contribution in [1.82, 2.24) is 4.90 Å². The third-order valence-electron chi connectivity index (χ3n) is 5.86. The number of carboxylic acid groups (broad SMARTS) is 1. The van der Waals surface area contributed by atoms with Crippen molar-refractivity contribution in [2.75, 3.05) is 6.61 Å². The summed E-state index contributed by atoms with van der Waals surface area (Å²) in [7, 11) is 0. The van der Waals surface area contributed by atoms with E-state index >= 15 is 0 Å². The van der Waals surface area contributed by atoms with E-state index < -0.39 is 17.7 Å². The Morgan fingerprint density at radius 3 is 2.38 bits per heavy atom. The zero-order chi connectivity index (χ0) is 19.1. The van der Waals surface area contributed by atoms with Crippen LogP contribution in [0.4, 0.5) is 0 Å². The molecule has 2 aliphatic rings. The van der Waals surface area contributed by atoms with Gasteiger partial charge in [-0.05, 0) is 65.1 Å². The molecule has 1 aliphatic heterocycles. The Hall–Kier alpha value is -1.40. The first-order valence-corrected chi connectivity index (χ1v) is 9.90. The van der Waals surface area contributed by atoms with Crippen molar-refractivity contribution < 1.29 is 19.4 Å². The predicted octanol–water partition coefficient (Wildman–Crippen LogP) is 4.31. The van der Waals surface area contributed by atoms with Crippen LogP contribution in [0.2, 0.25) is 0 Å². The maximum atomic E-state index is 13.3. The number of halogens is 1. The van der Waals surface area contributed by atoms with Gasteiger partial charge >= 0.3 is 5.97 Å². The molecule has 1 N–H and O–H groups in total. The van der Waals surface area contributed by atoms with Gasteiger partial charge in [0.15, 0.2) is 6.04 Å². The lowest BCUT2D eigenvalue weighted by molar-refractivity contribution is -0.144. The van der Waals surface area contributed by atoms with Crippen LogP contribution in [0.5, 0.6) is 0 Å². The van der Waals surface area contributed by atoms with E-state index in [1.54, 1.807) is 18.2 Å². The minimum Gasteiger partial charge on any atom is -0.480 e. The number of carboxylic acids is 1. The van der Waals surface area contributed by atoms with E-state index in [9.17, 15) is 14.7 Å². The third kappa shape index (κ3) is 3.41. The van der Waals surface area contributed by atoms with Gasteiger partial charge in [-0.1, -0.05) is 32.9 Å². The standard InChI is InChI=1S/C20H26BrNO4/c1-19(2,3)13-8-10-20(11-9-13)22(16(12-26-20)18(24)25)17(23)14-6-4-5-7-15(14)21/h4-7,13,16H,8-12H2,1-3H3,(H,24,25). The highest BCUT2D eigenvalue weighted by Gasteiger charge is 2.54. The molecule has 0 bridgehead atoms. The highest BCUT2D eigenvalue weighted by atomic mass is 79.9. The van der Waals surface area contributed by atoms with Crippen molar-refractivity contribution in [2.24, 2.45) is 11.3 Å². The van der Waals surface area contributed by atoms with Crippen LogP contribution >= 0.6 is 15.9 Å². The predicted molar refractivity (Wildman–Crippen MR) is 102 cm³/mol. The maximum Gasteiger partial charge on any atom is 0.328 e. The first kappa shape index (κ1) is 19.4. The summed E-state index contributed by atoms with van der Waals surface area (Å²) >= 11 is 3.41. The molecular weight excluding hydrogens is 398 g/mol. The quantitative estimate of drug-likeness (QED) is 0.769. The molecular formula is C20H26BrNO4. The van der Waals surface area contributed by atoms with E-state index in [0.717, 1.165) is 12.8 Å². The molecule has 5 nitrogen and oxygen atoms in total. The molecule has 1 aromatic rings. The zero-order valence-corrected chi connectivity index (χ0v) is 17.1. The monoisotopic (exact) mass is 423 g/mol. The molecule has 0 radical (unpaired) electrons. The second-order valence-corrected chi connectivity index (χ2v) is 9.26. The molecule has 2 fully saturated rings. The van der Waals surface area contributed by atoms with Crippen LogP contribution in [-0.2, 0) is 9.53 Å². The molecule has 26 heavy (non-hydrogen) atoms. The van der Waals surface area contributed by atoms with Gasteiger partial charge in [-0.25, -0.2) is 4.79 Å². The molecule has 1 saturated carbocycles. The number of amides is 1. The minimum absolute atomic E-state index is 0.0473. The van der Waals surface area contributed by atoms with Crippen LogP contribution in [0.15, 0.2) is 28.7 Å². The van der Waals surface area contributed by atoms with Crippen LogP contribution < -0.4 is 0 Å². The number of ether oxygens (including phenoxy) is 1. The lowest BCUT2D eigenvalue weighted by Crippen LogP contribution is -2.55. The molecule has 1 saturated heterocycles. The third-order valence-corrected chi connectivity index (χ3v) is 6.55. The van der Waals surface area contributed by atoms with Gasteiger partial charge in [-0.15, -0.1) is 0 Å². The molecule has 6 heteroatoms. The largest absolute Gasteiger partial charge is 0.480 e. The fourth-order valence-electron chi connectivity index (χ4n) is 4.26. The van der Waals surface area contributed by atoms with Crippen molar-refractivity contribution in [3.63, 3.8) is 0 Å². The maximum absolute atomic E-state index is 13.3. The van der Waals surface area contributed by atoms with E-state index in [1.807, 2.05) is 6.07 Å². The Morgan fingerprint density at radius 2 is 1.85 bits per heavy atom. The van der Waals surface area contributed by atoms with Crippen molar-refractivity contribution in [3.8, 4) is 0 Å². The first-order chi connectivity index (χ1) is 12.2. The number of aliphatic carboxylic acids is 1. The van der Waals surface area contributed by atoms with Gasteiger partial charge in [-0.3, -0.25) is 9.69 Å². The van der Waals surface area contributed by atoms with Crippen LogP contribution in [0.3, 0.4) is 0 Å². The van der Waals surface area contributed by atoms with Crippen molar-refractivity contribution >= 4 is 27.8 Å². The second kappa shape index (κ2) is 6.97. The second-order valence-electron chi connectivity index (χ2n) is 8.41. The van der Waals surface area contributed by atoms with Crippen LogP contribution in [0, 0.1) is 11.3 Å². The number of rotatable bonds is 2. The van der Waals surface area contributed by atoms with E-state index in [0.29, 0.717) is 28.8 Å². The Bertz CT molecular complexity index is 704. The Kier molecular flexibility index (Phi) is 5.19. The smallest absolute Gasteiger partial charge is 0.328 e. The molecule has 142 valence electrons. The number of hydrogen-bond donors (Lipinski definition) is 1. The molecule has 0 aromatic heterocycles. The summed E-state index contributed by atoms with van der Waals surface area (Å²) in [6, 6.07) is 6.19. The van der Waals surface area contributed by atoms with Gasteiger partial charge in [0, 0.05) is 4.47 Å². The average Bonchev–Trinajstić information content (AvgIpc) is 2.93. The van der Waals surface area contributed by atoms with Gasteiger partial charge in [-0.2, -0.15) is 0 Å². The lowest BCUT2D eigenvalue weighted by atomic mass is 9.70. The van der Waals surface area contributed by atoms with Gasteiger partial charge in [0.2, 0.25) is 0 Å². The number of hydrogen-bond acceptors (Lipinski definition) is 3. The van der Waals surface area contributed by atoms with Crippen molar-refractivity contribution in [2.45, 2.75) is 58.2 Å². The molecule has 3 rings (SSSR count). The SMILES string of the molecule is CC(C)(C)C1CCC2(CC1)OCC(C(=O)O)N2C(=O)c1ccccc1Br. The number of carbonyl (C=O) groups is 2. The molecule has 1 aromatic carbocycles. The fraction of sp³-hybridized carbons (Fsp3) is 0.600. The van der Waals surface area contributed by atoms with Crippen molar-refractivity contribution in [1.29, 1.82) is 0 Å². The van der Waals surface area contributed by atoms with E-state index in [-0.39, 0.29) is 17.9 Å². The summed E-state index contributed by atoms with van der Waals surface area (Å²) in [5.41, 5.74) is -0.137. The summed E-state index contributed by atoms with van der Waals surface area (Å²) in [5, 5.41) is 9.66. The van der Waals surface area contributed by atoms with E-state index in [2.05, 4.69) is 36.7 Å². The zero-order valence-electron chi connectivity index (χ0n) is 15.5. The fourth-order valence-corrected chi connectivity index (χ4v) is 4.71. The summed E-state index contributed by atoms with van der Waals surface area (Å²) in [6.07, 6.45) is 3.20. The number of benzene rings is 1. The van der Waals surface area contributed by atoms with E-state index in [1.165, 1.54) is 4.90 Å². The number of nitrogens with zero attached hydrogens (tertiary/aromatic N) is 1. The van der Waals surface area contributed by atoms with Crippen molar-refractivity contribution in [3.05, 3.63) is 34.3 Å². The minimum atomic E-state index is -1.01. The number of carbonyl (C=O) groups excluding carboxylic acids is 1. The topological polar surface area (TPSA) is 66.8 Å². The normalized spacial score (nSPS) is 29.2. The molecule has 1 atom stereocenters. The summed E-state index contributed by atoms with van der Waals surface area (Å²) in [5.74, 6) is -0.752. The lowest BCUT2D eigenvalue weighted by Gasteiger charge is -2.46. The molecule has 1 spiro atoms. The van der Waals surface area contributed by atoms with Crippen LogP contribution in [-0.4, -0.2) is 40.3 Å². The average molecular weight is 424 g/mol. The highest BCUT2D eigenvalue weighted by molar-refractivity contribution is 9.10. The summed E-state index contributed by atoms with van der Waals surface area (Å²) in [4.78, 5) is 26.6. The Labute approximate surface area is 162 Å². The van der Waals surface area contributed by atoms with Gasteiger partial charge < -0.3 is 9.84 Å². The molecule has 1 unspecified atom stereocenters. The van der Waals surface area contributed by atoms with Crippen LogP contribution in [0.1, 0.15) is 56.8 Å². The van der Waals surface area contributed by atoms with E-state index in [4.69, 9.17) is 4.74 Å². The van der Waals surface area contributed by atoms with Crippen LogP contribution in [0.25, 0.3) is 0 Å². The first-order valence-electron chi connectivity index (χ1n) is 9.11. The summed E-state index contributed by atoms with van der Waals surface area (Å²) < 4.78 is 6.69. The molecule has 1 heterocycles. The Balaban J connectivity index is 1.92.